The highest BCUT2D eigenvalue weighted by Gasteiger charge is 2.20. The van der Waals surface area contributed by atoms with Crippen molar-refractivity contribution in [1.29, 1.82) is 0 Å². The summed E-state index contributed by atoms with van der Waals surface area (Å²) in [6.07, 6.45) is 6.35. The maximum atomic E-state index is 13.7. The molecule has 1 aromatic carbocycles. The van der Waals surface area contributed by atoms with E-state index in [0.29, 0.717) is 24.4 Å². The number of nitro groups is 1. The number of nitrogens with zero attached hydrogens (tertiary/aromatic N) is 3. The largest absolute Gasteiger partial charge is 0.454 e. The minimum Gasteiger partial charge on any atom is -0.454 e. The molecule has 0 amide bonds. The zero-order valence-corrected chi connectivity index (χ0v) is 11.0. The van der Waals surface area contributed by atoms with Gasteiger partial charge in [0.25, 0.3) is 0 Å². The van der Waals surface area contributed by atoms with Crippen molar-refractivity contribution < 1.29 is 18.4 Å². The van der Waals surface area contributed by atoms with Crippen LogP contribution < -0.4 is 4.74 Å². The highest BCUT2D eigenvalue weighted by molar-refractivity contribution is 5.53. The molecule has 0 unspecified atom stereocenters. The Hall–Kier alpha value is -2.77. The van der Waals surface area contributed by atoms with E-state index in [9.17, 15) is 18.9 Å². The predicted octanol–water partition coefficient (Wildman–Crippen LogP) is 2.97. The number of allylic oxidation sites excluding steroid dienone is 1. The smallest absolute Gasteiger partial charge is 0.307 e. The van der Waals surface area contributed by atoms with E-state index in [4.69, 9.17) is 4.74 Å². The molecule has 0 saturated carbocycles. The number of hydrogen-bond acceptors (Lipinski definition) is 5. The van der Waals surface area contributed by atoms with Crippen LogP contribution in [-0.2, 0) is 0 Å². The van der Waals surface area contributed by atoms with E-state index in [1.54, 1.807) is 30.4 Å². The van der Waals surface area contributed by atoms with E-state index in [2.05, 4.69) is 5.10 Å². The molecule has 110 valence electrons. The monoisotopic (exact) mass is 295 g/mol. The summed E-state index contributed by atoms with van der Waals surface area (Å²) in [5.41, 5.74) is -0.934. The molecule has 0 saturated heterocycles. The van der Waals surface area contributed by atoms with Gasteiger partial charge < -0.3 is 4.74 Å². The lowest BCUT2D eigenvalue weighted by Gasteiger charge is -2.17. The maximum absolute atomic E-state index is 13.7. The Labute approximate surface area is 118 Å². The van der Waals surface area contributed by atoms with Crippen molar-refractivity contribution in [3.8, 4) is 5.75 Å². The fourth-order valence-corrected chi connectivity index (χ4v) is 1.64. The number of nitro benzene ring substituents is 1. The summed E-state index contributed by atoms with van der Waals surface area (Å²) in [6.45, 7) is 2.17. The quantitative estimate of drug-likeness (QED) is 0.486. The average Bonchev–Trinajstić information content (AvgIpc) is 2.44. The number of ether oxygens (including phenoxy) is 1. The highest BCUT2D eigenvalue weighted by Crippen LogP contribution is 2.28. The van der Waals surface area contributed by atoms with Crippen molar-refractivity contribution in [3.63, 3.8) is 0 Å². The lowest BCUT2D eigenvalue weighted by molar-refractivity contribution is -0.387. The van der Waals surface area contributed by atoms with Crippen LogP contribution in [-0.4, -0.2) is 22.7 Å². The Morgan fingerprint density at radius 1 is 1.43 bits per heavy atom. The van der Waals surface area contributed by atoms with Gasteiger partial charge in [0.05, 0.1) is 17.5 Å². The van der Waals surface area contributed by atoms with Crippen molar-refractivity contribution in [1.82, 2.24) is 5.01 Å². The number of hydrazone groups is 1. The van der Waals surface area contributed by atoms with Crippen molar-refractivity contribution in [2.75, 3.05) is 6.54 Å². The van der Waals surface area contributed by atoms with Gasteiger partial charge in [-0.05, 0) is 19.1 Å². The maximum Gasteiger partial charge on any atom is 0.307 e. The van der Waals surface area contributed by atoms with Crippen LogP contribution in [0.1, 0.15) is 6.92 Å². The second-order valence-corrected chi connectivity index (χ2v) is 4.01. The predicted molar refractivity (Wildman–Crippen MR) is 71.7 cm³/mol. The summed E-state index contributed by atoms with van der Waals surface area (Å²) >= 11 is 0. The van der Waals surface area contributed by atoms with Crippen LogP contribution in [0.2, 0.25) is 0 Å². The first-order chi connectivity index (χ1) is 10.0. The highest BCUT2D eigenvalue weighted by atomic mass is 19.1. The molecule has 0 atom stereocenters. The number of benzene rings is 1. The van der Waals surface area contributed by atoms with E-state index in [1.165, 1.54) is 6.08 Å². The van der Waals surface area contributed by atoms with E-state index in [0.717, 1.165) is 0 Å². The molecule has 0 bridgehead atoms. The Kier molecular flexibility index (Phi) is 4.27. The van der Waals surface area contributed by atoms with Crippen LogP contribution >= 0.6 is 0 Å². The van der Waals surface area contributed by atoms with Gasteiger partial charge in [-0.15, -0.1) is 0 Å². The van der Waals surface area contributed by atoms with Crippen LogP contribution in [0.4, 0.5) is 14.5 Å². The average molecular weight is 295 g/mol. The molecule has 8 heteroatoms. The number of halogens is 2. The first-order valence-electron chi connectivity index (χ1n) is 5.96. The Morgan fingerprint density at radius 3 is 2.76 bits per heavy atom. The Bertz CT molecular complexity index is 656. The topological polar surface area (TPSA) is 68.0 Å². The van der Waals surface area contributed by atoms with Gasteiger partial charge in [0, 0.05) is 18.5 Å². The second kappa shape index (κ2) is 6.12. The number of rotatable bonds is 4. The molecule has 6 nitrogen and oxygen atoms in total. The van der Waals surface area contributed by atoms with Crippen LogP contribution in [0.25, 0.3) is 0 Å². The van der Waals surface area contributed by atoms with Crippen LogP contribution in [0.5, 0.6) is 5.75 Å². The van der Waals surface area contributed by atoms with Gasteiger partial charge in [-0.2, -0.15) is 9.49 Å². The summed E-state index contributed by atoms with van der Waals surface area (Å²) in [7, 11) is 0. The molecular weight excluding hydrogens is 284 g/mol. The lowest BCUT2D eigenvalue weighted by atomic mass is 10.2. The van der Waals surface area contributed by atoms with Crippen LogP contribution in [0, 0.1) is 21.7 Å². The fourth-order valence-electron chi connectivity index (χ4n) is 1.64. The van der Waals surface area contributed by atoms with Gasteiger partial charge in [-0.3, -0.25) is 15.1 Å². The van der Waals surface area contributed by atoms with Gasteiger partial charge in [-0.25, -0.2) is 4.39 Å². The third kappa shape index (κ3) is 3.41. The molecule has 1 aliphatic rings. The van der Waals surface area contributed by atoms with E-state index < -0.39 is 28.0 Å². The summed E-state index contributed by atoms with van der Waals surface area (Å²) in [5.74, 6) is -2.29. The van der Waals surface area contributed by atoms with Crippen LogP contribution in [0.3, 0.4) is 0 Å². The van der Waals surface area contributed by atoms with Crippen molar-refractivity contribution in [2.45, 2.75) is 6.92 Å². The lowest BCUT2D eigenvalue weighted by Crippen LogP contribution is -2.15. The van der Waals surface area contributed by atoms with E-state index in [-0.39, 0.29) is 0 Å². The first-order valence-corrected chi connectivity index (χ1v) is 5.96. The van der Waals surface area contributed by atoms with Gasteiger partial charge in [0.2, 0.25) is 5.82 Å². The fraction of sp³-hybridized carbons (Fsp3) is 0.154. The first kappa shape index (κ1) is 14.6. The molecule has 21 heavy (non-hydrogen) atoms. The minimum atomic E-state index is -1.16. The molecule has 0 N–H and O–H groups in total. The van der Waals surface area contributed by atoms with Crippen molar-refractivity contribution in [2.24, 2.45) is 5.10 Å². The molecule has 2 rings (SSSR count). The summed E-state index contributed by atoms with van der Waals surface area (Å²) in [6, 6.07) is 1.14. The van der Waals surface area contributed by atoms with Gasteiger partial charge in [-0.1, -0.05) is 0 Å². The number of hydrogen-bond donors (Lipinski definition) is 0. The zero-order valence-electron chi connectivity index (χ0n) is 11.0. The molecule has 0 radical (unpaired) electrons. The third-order valence-electron chi connectivity index (χ3n) is 2.58. The second-order valence-electron chi connectivity index (χ2n) is 4.01. The van der Waals surface area contributed by atoms with Crippen molar-refractivity contribution in [3.05, 3.63) is 58.0 Å². The molecule has 0 spiro atoms. The summed E-state index contributed by atoms with van der Waals surface area (Å²) < 4.78 is 32.3. The standard InChI is InChI=1S/C13H11F2N3O3/c1-2-16-17-5-3-9(4-6-17)21-13-8-10(14)12(18(19)20)7-11(13)15/h2-5,7-8H,6H2,1H3/b16-2-. The minimum absolute atomic E-state index is 0.296. The van der Waals surface area contributed by atoms with Crippen molar-refractivity contribution >= 4 is 11.9 Å². The molecule has 1 aliphatic heterocycles. The molecular formula is C13H11F2N3O3. The SMILES string of the molecule is C/C=N\N1C=CC(Oc2cc(F)c([N+](=O)[O-])cc2F)=CC1. The van der Waals surface area contributed by atoms with E-state index in [1.807, 2.05) is 0 Å². The molecule has 0 fully saturated rings. The third-order valence-corrected chi connectivity index (χ3v) is 2.58. The van der Waals surface area contributed by atoms with Gasteiger partial charge in [0.1, 0.15) is 5.76 Å². The molecule has 0 aliphatic carbocycles. The normalized spacial score (nSPS) is 14.4. The van der Waals surface area contributed by atoms with Gasteiger partial charge in [0.15, 0.2) is 11.6 Å². The Balaban J connectivity index is 2.16. The summed E-state index contributed by atoms with van der Waals surface area (Å²) in [4.78, 5) is 9.49. The van der Waals surface area contributed by atoms with Crippen LogP contribution in [0.15, 0.2) is 41.3 Å². The molecule has 0 aromatic heterocycles. The molecule has 1 heterocycles. The Morgan fingerprint density at radius 2 is 2.19 bits per heavy atom. The summed E-state index contributed by atoms with van der Waals surface area (Å²) in [5, 5.41) is 16.1. The van der Waals surface area contributed by atoms with E-state index >= 15 is 0 Å². The molecule has 1 aromatic rings. The van der Waals surface area contributed by atoms with Gasteiger partial charge >= 0.3 is 5.69 Å². The zero-order chi connectivity index (χ0) is 15.4.